The van der Waals surface area contributed by atoms with Crippen LogP contribution in [-0.4, -0.2) is 90.5 Å². The summed E-state index contributed by atoms with van der Waals surface area (Å²) in [5, 5.41) is 7.32. The molecule has 0 radical (unpaired) electrons. The highest BCUT2D eigenvalue weighted by Gasteiger charge is 2.60. The van der Waals surface area contributed by atoms with Crippen LogP contribution in [0.5, 0.6) is 0 Å². The van der Waals surface area contributed by atoms with Crippen LogP contribution in [0, 0.1) is 17.4 Å². The van der Waals surface area contributed by atoms with Crippen LogP contribution >= 0.6 is 21.5 Å². The van der Waals surface area contributed by atoms with Gasteiger partial charge >= 0.3 is 22.2 Å². The largest absolute Gasteiger partial charge is 1.00 e. The molecule has 0 aromatic carbocycles. The van der Waals surface area contributed by atoms with Crippen LogP contribution in [0.1, 0.15) is 76.2 Å². The van der Waals surface area contributed by atoms with E-state index < -0.39 is 28.6 Å². The molecule has 0 bridgehead atoms. The van der Waals surface area contributed by atoms with E-state index in [0.717, 1.165) is 15.1 Å². The Labute approximate surface area is 279 Å². The van der Waals surface area contributed by atoms with Crippen LogP contribution in [0.25, 0.3) is 4.76 Å². The quantitative estimate of drug-likeness (QED) is 0.133. The highest BCUT2D eigenvalue weighted by atomic mass is 127. The zero-order valence-corrected chi connectivity index (χ0v) is 34.4. The van der Waals surface area contributed by atoms with Gasteiger partial charge < -0.3 is 80.2 Å². The molecule has 1 heterocycles. The lowest BCUT2D eigenvalue weighted by atomic mass is 9.76. The topological polar surface area (TPSA) is 37.4 Å². The average molecular weight is 895 g/mol. The second kappa shape index (κ2) is 22.9. The van der Waals surface area contributed by atoms with Gasteiger partial charge in [0.2, 0.25) is 6.07 Å². The Bertz CT molecular complexity index is 752. The van der Waals surface area contributed by atoms with E-state index in [4.69, 9.17) is 10.0 Å². The predicted molar refractivity (Wildman–Crippen MR) is 164 cm³/mol. The molecular formula is C22H54B3I3N5P3. The number of hydrogen-bond acceptors (Lipinski definition) is 2. The molecule has 212 valence electrons. The Balaban J connectivity index is -0.000000810. The van der Waals surface area contributed by atoms with E-state index in [0.29, 0.717) is 0 Å². The summed E-state index contributed by atoms with van der Waals surface area (Å²) in [4.78, 5) is 0. The van der Waals surface area contributed by atoms with E-state index in [1.54, 1.807) is 6.07 Å². The fourth-order valence-corrected chi connectivity index (χ4v) is 17.1. The zero-order valence-electron chi connectivity index (χ0n) is 25.2. The Morgan fingerprint density at radius 3 is 1.19 bits per heavy atom. The molecule has 0 amide bonds. The number of halogens is 3. The molecule has 36 heavy (non-hydrogen) atoms. The summed E-state index contributed by atoms with van der Waals surface area (Å²) in [6.45, 7) is 25.5. The lowest BCUT2D eigenvalue weighted by Crippen LogP contribution is -3.00. The van der Waals surface area contributed by atoms with Crippen LogP contribution in [-0.2, 0) is 0 Å². The van der Waals surface area contributed by atoms with Crippen molar-refractivity contribution in [3.63, 3.8) is 0 Å². The lowest BCUT2D eigenvalue weighted by Gasteiger charge is -2.40. The van der Waals surface area contributed by atoms with Gasteiger partial charge in [0.05, 0.1) is 38.9 Å². The monoisotopic (exact) mass is 895 g/mol. The van der Waals surface area contributed by atoms with Crippen molar-refractivity contribution < 1.29 is 80.2 Å². The maximum Gasteiger partial charge on any atom is 0.847 e. The molecule has 1 aliphatic heterocycles. The van der Waals surface area contributed by atoms with Gasteiger partial charge in [0.25, 0.3) is 0 Å². The second-order valence-electron chi connectivity index (χ2n) is 8.96. The summed E-state index contributed by atoms with van der Waals surface area (Å²) >= 11 is 0. The van der Waals surface area contributed by atoms with Crippen LogP contribution in [0.4, 0.5) is 0 Å². The molecule has 1 rings (SSSR count). The first-order valence-corrected chi connectivity index (χ1v) is 20.4. The number of nitrogens with zero attached hydrogens (tertiary/aromatic N) is 5. The first-order valence-electron chi connectivity index (χ1n) is 13.5. The molecule has 0 N–H and O–H groups in total. The van der Waals surface area contributed by atoms with Gasteiger partial charge in [-0.2, -0.15) is 10.0 Å². The van der Waals surface area contributed by atoms with Gasteiger partial charge in [-0.25, -0.2) is 0 Å². The molecule has 0 aromatic heterocycles. The molecule has 0 unspecified atom stereocenters. The van der Waals surface area contributed by atoms with Crippen molar-refractivity contribution in [1.82, 2.24) is 4.49 Å². The van der Waals surface area contributed by atoms with Crippen molar-refractivity contribution >= 4 is 43.7 Å². The van der Waals surface area contributed by atoms with Crippen molar-refractivity contribution in [1.29, 1.82) is 5.26 Å². The van der Waals surface area contributed by atoms with Gasteiger partial charge in [-0.1, -0.05) is 41.5 Å². The number of rotatable bonds is 10. The fraction of sp³-hybridized carbons (Fsp3) is 0.909. The molecular weight excluding hydrogens is 840 g/mol. The molecule has 0 atom stereocenters. The molecule has 1 fully saturated rings. The molecule has 0 aromatic rings. The van der Waals surface area contributed by atoms with Crippen LogP contribution < -0.4 is 71.9 Å². The smallest absolute Gasteiger partial charge is 0.847 e. The van der Waals surface area contributed by atoms with Crippen molar-refractivity contribution in [2.45, 2.75) is 76.2 Å². The number of nitriles is 1. The summed E-state index contributed by atoms with van der Waals surface area (Å²) < 4.78 is 14.2. The van der Waals surface area contributed by atoms with Gasteiger partial charge in [-0.3, -0.25) is 0 Å². The van der Waals surface area contributed by atoms with E-state index in [1.165, 1.54) is 62.4 Å². The zero-order chi connectivity index (χ0) is 25.7. The summed E-state index contributed by atoms with van der Waals surface area (Å²) in [7, 11) is -2.04. The second-order valence-corrected chi connectivity index (χ2v) is 22.9. The first-order chi connectivity index (χ1) is 15.7. The normalized spacial score (nSPS) is 14.2. The van der Waals surface area contributed by atoms with Crippen molar-refractivity contribution in [2.75, 3.05) is 55.5 Å². The first kappa shape index (κ1) is 45.2. The van der Waals surface area contributed by atoms with Crippen molar-refractivity contribution in [3.8, 4) is 12.1 Å². The third kappa shape index (κ3) is 10.2. The minimum Gasteiger partial charge on any atom is -1.00 e. The van der Waals surface area contributed by atoms with E-state index in [-0.39, 0.29) is 71.9 Å². The summed E-state index contributed by atoms with van der Waals surface area (Å²) in [5.41, 5.74) is 0. The van der Waals surface area contributed by atoms with Crippen LogP contribution in [0.3, 0.4) is 0 Å². The molecule has 0 aliphatic carbocycles. The SMILES string of the molecule is CC#N.CC#[N+][BH-]1[N+](=P(CC)(CC)CC)BN([P+](CC)(CC)CC)B[N+]1=P(CC)(CC)CC.[I-].[I-].[I-]. The minimum atomic E-state index is -1.19. The third-order valence-corrected chi connectivity index (χ3v) is 23.9. The third-order valence-electron chi connectivity index (χ3n) is 8.70. The summed E-state index contributed by atoms with van der Waals surface area (Å²) in [5.74, 6) is 0. The van der Waals surface area contributed by atoms with Gasteiger partial charge in [0.1, 0.15) is 0 Å². The van der Waals surface area contributed by atoms with E-state index in [1.807, 2.05) is 6.92 Å². The molecule has 5 nitrogen and oxygen atoms in total. The Kier molecular flexibility index (Phi) is 28.7. The highest BCUT2D eigenvalue weighted by molar-refractivity contribution is 7.76. The predicted octanol–water partition coefficient (Wildman–Crippen LogP) is -3.01. The molecule has 14 heteroatoms. The average Bonchev–Trinajstić information content (AvgIpc) is 2.85. The maximum atomic E-state index is 7.32. The molecule has 1 aliphatic rings. The Morgan fingerprint density at radius 2 is 1.00 bits per heavy atom. The van der Waals surface area contributed by atoms with Gasteiger partial charge in [-0.05, 0) is 20.8 Å². The van der Waals surface area contributed by atoms with Gasteiger partial charge in [-0.15, -0.1) is 4.49 Å². The van der Waals surface area contributed by atoms with Crippen molar-refractivity contribution in [3.05, 3.63) is 4.76 Å². The van der Waals surface area contributed by atoms with E-state index in [2.05, 4.69) is 81.2 Å². The highest BCUT2D eigenvalue weighted by Crippen LogP contribution is 2.62. The number of hydrogen-bond donors (Lipinski definition) is 0. The summed E-state index contributed by atoms with van der Waals surface area (Å²) in [6, 6.07) is 5.04. The van der Waals surface area contributed by atoms with Gasteiger partial charge in [0, 0.05) is 58.0 Å². The van der Waals surface area contributed by atoms with Gasteiger partial charge in [0.15, 0.2) is 0 Å². The minimum absolute atomic E-state index is 0. The Morgan fingerprint density at radius 1 is 0.722 bits per heavy atom. The summed E-state index contributed by atoms with van der Waals surface area (Å²) in [6.07, 6.45) is 11.9. The molecule has 1 saturated heterocycles. The fourth-order valence-electron chi connectivity index (χ4n) is 5.98. The standard InChI is InChI=1S/C20H51B3N4P3.C2H3N.3HI/c1-11-24-23-26(29(15-5,16-6)17-7)21-25(28(12-2,13-3)14-4)22-27(23)30(18-8,19-9)20-10;1-2-3;;;/h21-23H,12-20H2,1-10H3;1H3;3*1H/q+3;;;;/p-3. The lowest BCUT2D eigenvalue weighted by molar-refractivity contribution is -0.357. The van der Waals surface area contributed by atoms with E-state index >= 15 is 0 Å². The van der Waals surface area contributed by atoms with E-state index in [9.17, 15) is 0 Å². The Hall–Kier alpha value is 2.21. The van der Waals surface area contributed by atoms with Crippen LogP contribution in [0.15, 0.2) is 0 Å². The molecule has 0 saturated carbocycles. The maximum absolute atomic E-state index is 7.32. The molecule has 0 spiro atoms. The van der Waals surface area contributed by atoms with Crippen molar-refractivity contribution in [2.24, 2.45) is 0 Å². The van der Waals surface area contributed by atoms with Crippen LogP contribution in [0.2, 0.25) is 0 Å².